The lowest BCUT2D eigenvalue weighted by atomic mass is 10.1. The molecule has 1 heterocycles. The summed E-state index contributed by atoms with van der Waals surface area (Å²) in [6.07, 6.45) is 1.54. The number of fused-ring (bicyclic) bond motifs is 1. The van der Waals surface area contributed by atoms with Crippen LogP contribution in [0.2, 0.25) is 0 Å². The summed E-state index contributed by atoms with van der Waals surface area (Å²) < 4.78 is 12.7. The van der Waals surface area contributed by atoms with Crippen LogP contribution in [0.15, 0.2) is 71.8 Å². The van der Waals surface area contributed by atoms with Gasteiger partial charge in [-0.2, -0.15) is 5.10 Å². The summed E-state index contributed by atoms with van der Waals surface area (Å²) in [5, 5.41) is 4.11. The Kier molecular flexibility index (Phi) is 7.21. The van der Waals surface area contributed by atoms with E-state index < -0.39 is 0 Å². The van der Waals surface area contributed by atoms with Gasteiger partial charge >= 0.3 is 5.97 Å². The van der Waals surface area contributed by atoms with Crippen LogP contribution in [-0.2, 0) is 17.9 Å². The lowest BCUT2D eigenvalue weighted by molar-refractivity contribution is 0.0600. The molecule has 0 aliphatic rings. The van der Waals surface area contributed by atoms with E-state index in [9.17, 15) is 9.59 Å². The van der Waals surface area contributed by atoms with Gasteiger partial charge in [0.15, 0.2) is 0 Å². The Labute approximate surface area is 203 Å². The highest BCUT2D eigenvalue weighted by Crippen LogP contribution is 2.19. The molecule has 4 aromatic rings. The number of aryl methyl sites for hydroxylation is 2. The number of carbonyl (C=O) groups is 2. The molecule has 0 saturated heterocycles. The first-order chi connectivity index (χ1) is 17.0. The molecule has 0 radical (unpaired) electrons. The molecule has 0 atom stereocenters. The third-order valence-corrected chi connectivity index (χ3v) is 5.58. The minimum atomic E-state index is -0.383. The van der Waals surface area contributed by atoms with E-state index in [1.165, 1.54) is 7.11 Å². The number of benzene rings is 3. The van der Waals surface area contributed by atoms with E-state index in [-0.39, 0.29) is 11.9 Å². The van der Waals surface area contributed by atoms with Gasteiger partial charge in [-0.3, -0.25) is 4.79 Å². The maximum absolute atomic E-state index is 12.6. The van der Waals surface area contributed by atoms with Gasteiger partial charge in [0.05, 0.1) is 29.9 Å². The standard InChI is InChI=1S/C27H26N4O4/c1-4-31-18(2)29-23-15-21(13-14-24(23)31)26(32)30-28-16-22-7-5-6-8-25(22)35-17-19-9-11-20(12-10-19)27(33)34-3/h5-16H,4,17H2,1-3H3,(H,30,32). The van der Waals surface area contributed by atoms with E-state index in [0.717, 1.165) is 29.0 Å². The molecule has 8 nitrogen and oxygen atoms in total. The van der Waals surface area contributed by atoms with E-state index >= 15 is 0 Å². The van der Waals surface area contributed by atoms with Gasteiger partial charge in [-0.25, -0.2) is 15.2 Å². The number of nitrogens with one attached hydrogen (secondary N) is 1. The maximum atomic E-state index is 12.6. The molecule has 1 aromatic heterocycles. The Morgan fingerprint density at radius 2 is 1.80 bits per heavy atom. The summed E-state index contributed by atoms with van der Waals surface area (Å²) >= 11 is 0. The predicted octanol–water partition coefficient (Wildman–Crippen LogP) is 4.49. The van der Waals surface area contributed by atoms with E-state index in [1.54, 1.807) is 30.5 Å². The molecule has 1 amide bonds. The minimum absolute atomic E-state index is 0.308. The zero-order chi connectivity index (χ0) is 24.8. The summed E-state index contributed by atoms with van der Waals surface area (Å²) in [7, 11) is 1.35. The number of esters is 1. The summed E-state index contributed by atoms with van der Waals surface area (Å²) in [5.74, 6) is 0.821. The first-order valence-corrected chi connectivity index (χ1v) is 11.2. The number of ether oxygens (including phenoxy) is 2. The van der Waals surface area contributed by atoms with Crippen molar-refractivity contribution in [2.75, 3.05) is 7.11 Å². The lowest BCUT2D eigenvalue weighted by Crippen LogP contribution is -2.17. The molecule has 0 unspecified atom stereocenters. The summed E-state index contributed by atoms with van der Waals surface area (Å²) in [6.45, 7) is 5.14. The van der Waals surface area contributed by atoms with Gasteiger partial charge in [-0.05, 0) is 61.9 Å². The predicted molar refractivity (Wildman–Crippen MR) is 134 cm³/mol. The smallest absolute Gasteiger partial charge is 0.337 e. The Morgan fingerprint density at radius 3 is 2.54 bits per heavy atom. The van der Waals surface area contributed by atoms with Gasteiger partial charge in [0.1, 0.15) is 18.2 Å². The molecular formula is C27H26N4O4. The number of para-hydroxylation sites is 1. The molecule has 3 aromatic carbocycles. The third-order valence-electron chi connectivity index (χ3n) is 5.58. The van der Waals surface area contributed by atoms with E-state index in [2.05, 4.69) is 27.0 Å². The van der Waals surface area contributed by atoms with E-state index in [1.807, 2.05) is 49.4 Å². The fourth-order valence-electron chi connectivity index (χ4n) is 3.75. The minimum Gasteiger partial charge on any atom is -0.488 e. The molecule has 178 valence electrons. The Morgan fingerprint density at radius 1 is 1.06 bits per heavy atom. The van der Waals surface area contributed by atoms with Crippen LogP contribution in [0.25, 0.3) is 11.0 Å². The van der Waals surface area contributed by atoms with Crippen LogP contribution < -0.4 is 10.2 Å². The molecule has 35 heavy (non-hydrogen) atoms. The Bertz CT molecular complexity index is 1390. The molecule has 0 aliphatic heterocycles. The number of rotatable bonds is 8. The second-order valence-corrected chi connectivity index (χ2v) is 7.82. The van der Waals surface area contributed by atoms with Gasteiger partial charge < -0.3 is 14.0 Å². The van der Waals surface area contributed by atoms with Crippen molar-refractivity contribution in [3.05, 3.63) is 94.8 Å². The van der Waals surface area contributed by atoms with Crippen LogP contribution in [0.5, 0.6) is 5.75 Å². The second-order valence-electron chi connectivity index (χ2n) is 7.82. The van der Waals surface area contributed by atoms with Crippen molar-refractivity contribution in [1.82, 2.24) is 15.0 Å². The quantitative estimate of drug-likeness (QED) is 0.233. The van der Waals surface area contributed by atoms with Crippen LogP contribution in [0.1, 0.15) is 44.6 Å². The third kappa shape index (κ3) is 5.38. The number of nitrogens with zero attached hydrogens (tertiary/aromatic N) is 3. The van der Waals surface area contributed by atoms with Crippen molar-refractivity contribution in [2.45, 2.75) is 27.0 Å². The van der Waals surface area contributed by atoms with Gasteiger partial charge in [-0.1, -0.05) is 24.3 Å². The van der Waals surface area contributed by atoms with Gasteiger partial charge in [0.25, 0.3) is 5.91 Å². The van der Waals surface area contributed by atoms with Gasteiger partial charge in [-0.15, -0.1) is 0 Å². The molecule has 0 aliphatic carbocycles. The van der Waals surface area contributed by atoms with E-state index in [4.69, 9.17) is 9.47 Å². The van der Waals surface area contributed by atoms with Crippen LogP contribution >= 0.6 is 0 Å². The van der Waals surface area contributed by atoms with Crippen molar-refractivity contribution in [1.29, 1.82) is 0 Å². The average Bonchev–Trinajstić information content (AvgIpc) is 3.21. The van der Waals surface area contributed by atoms with Crippen LogP contribution in [0.3, 0.4) is 0 Å². The molecule has 1 N–H and O–H groups in total. The maximum Gasteiger partial charge on any atom is 0.337 e. The zero-order valence-corrected chi connectivity index (χ0v) is 19.8. The van der Waals surface area contributed by atoms with Crippen molar-refractivity contribution in [2.24, 2.45) is 5.10 Å². The molecule has 8 heteroatoms. The highest BCUT2D eigenvalue weighted by atomic mass is 16.5. The molecule has 4 rings (SSSR count). The van der Waals surface area contributed by atoms with Crippen LogP contribution in [0, 0.1) is 6.92 Å². The topological polar surface area (TPSA) is 94.8 Å². The second kappa shape index (κ2) is 10.6. The first-order valence-electron chi connectivity index (χ1n) is 11.2. The van der Waals surface area contributed by atoms with Crippen molar-refractivity contribution in [3.63, 3.8) is 0 Å². The van der Waals surface area contributed by atoms with Crippen molar-refractivity contribution >= 4 is 29.1 Å². The van der Waals surface area contributed by atoms with Gasteiger partial charge in [0.2, 0.25) is 0 Å². The number of amides is 1. The highest BCUT2D eigenvalue weighted by Gasteiger charge is 2.11. The lowest BCUT2D eigenvalue weighted by Gasteiger charge is -2.09. The van der Waals surface area contributed by atoms with E-state index in [0.29, 0.717) is 29.0 Å². The first kappa shape index (κ1) is 23.7. The average molecular weight is 471 g/mol. The Balaban J connectivity index is 1.40. The fourth-order valence-corrected chi connectivity index (χ4v) is 3.75. The summed E-state index contributed by atoms with van der Waals surface area (Å²) in [4.78, 5) is 28.7. The zero-order valence-electron chi connectivity index (χ0n) is 19.8. The Hall–Kier alpha value is -4.46. The molecular weight excluding hydrogens is 444 g/mol. The molecule has 0 saturated carbocycles. The number of aromatic nitrogens is 2. The normalized spacial score (nSPS) is 11.1. The fraction of sp³-hybridized carbons (Fsp3) is 0.185. The van der Waals surface area contributed by atoms with Crippen LogP contribution in [-0.4, -0.2) is 34.8 Å². The van der Waals surface area contributed by atoms with Crippen LogP contribution in [0.4, 0.5) is 0 Å². The number of methoxy groups -OCH3 is 1. The molecule has 0 fully saturated rings. The largest absolute Gasteiger partial charge is 0.488 e. The number of hydrogen-bond donors (Lipinski definition) is 1. The highest BCUT2D eigenvalue weighted by molar-refractivity contribution is 5.98. The number of hydrazone groups is 1. The SMILES string of the molecule is CCn1c(C)nc2cc(C(=O)NN=Cc3ccccc3OCc3ccc(C(=O)OC)cc3)ccc21. The molecule has 0 bridgehead atoms. The number of hydrogen-bond acceptors (Lipinski definition) is 6. The number of carbonyl (C=O) groups excluding carboxylic acids is 2. The molecule has 0 spiro atoms. The van der Waals surface area contributed by atoms with Gasteiger partial charge in [0, 0.05) is 17.7 Å². The number of imidazole rings is 1. The van der Waals surface area contributed by atoms with Crippen molar-refractivity contribution in [3.8, 4) is 5.75 Å². The summed E-state index contributed by atoms with van der Waals surface area (Å²) in [6, 6.07) is 19.8. The van der Waals surface area contributed by atoms with Crippen molar-refractivity contribution < 1.29 is 19.1 Å². The monoisotopic (exact) mass is 470 g/mol. The summed E-state index contributed by atoms with van der Waals surface area (Å²) in [5.41, 5.74) is 6.91.